The van der Waals surface area contributed by atoms with Gasteiger partial charge in [-0.1, -0.05) is 47.5 Å². The van der Waals surface area contributed by atoms with Crippen LogP contribution in [0.4, 0.5) is 0 Å². The Morgan fingerprint density at radius 2 is 1.96 bits per heavy atom. The van der Waals surface area contributed by atoms with Gasteiger partial charge in [-0.05, 0) is 23.8 Å². The van der Waals surface area contributed by atoms with Crippen LogP contribution in [0, 0.1) is 0 Å². The topological polar surface area (TPSA) is 62.2 Å². The molecule has 0 aliphatic rings. The third-order valence-electron chi connectivity index (χ3n) is 3.46. The van der Waals surface area contributed by atoms with Crippen molar-refractivity contribution in [1.29, 1.82) is 0 Å². The van der Waals surface area contributed by atoms with Crippen LogP contribution in [-0.2, 0) is 6.54 Å². The standard InChI is InChI=1S/C17H12Cl2N2O2/c18-13-5-1-3-11(14(13)19)9-21-17(23)12-7-6-10-4-2-8-20-15(10)16(12)22/h1-8,22H,9H2,(H,21,23). The predicted octanol–water partition coefficient (Wildman–Crippen LogP) is 4.18. The molecule has 6 heteroatoms. The van der Waals surface area contributed by atoms with Gasteiger partial charge < -0.3 is 10.4 Å². The van der Waals surface area contributed by atoms with Gasteiger partial charge in [-0.15, -0.1) is 0 Å². The van der Waals surface area contributed by atoms with Gasteiger partial charge in [0.15, 0.2) is 5.75 Å². The molecule has 1 heterocycles. The lowest BCUT2D eigenvalue weighted by Gasteiger charge is -2.10. The molecule has 23 heavy (non-hydrogen) atoms. The van der Waals surface area contributed by atoms with Crippen molar-refractivity contribution in [3.63, 3.8) is 0 Å². The van der Waals surface area contributed by atoms with E-state index in [-0.39, 0.29) is 17.9 Å². The van der Waals surface area contributed by atoms with Crippen LogP contribution < -0.4 is 5.32 Å². The van der Waals surface area contributed by atoms with Crippen LogP contribution in [-0.4, -0.2) is 16.0 Å². The highest BCUT2D eigenvalue weighted by Crippen LogP contribution is 2.28. The zero-order valence-corrected chi connectivity index (χ0v) is 13.4. The Morgan fingerprint density at radius 3 is 2.78 bits per heavy atom. The van der Waals surface area contributed by atoms with Gasteiger partial charge in [0, 0.05) is 18.1 Å². The molecule has 0 radical (unpaired) electrons. The summed E-state index contributed by atoms with van der Waals surface area (Å²) in [6.45, 7) is 0.206. The van der Waals surface area contributed by atoms with E-state index in [4.69, 9.17) is 23.2 Å². The summed E-state index contributed by atoms with van der Waals surface area (Å²) in [6, 6.07) is 12.1. The number of phenolic OH excluding ortho intramolecular Hbond substituents is 1. The van der Waals surface area contributed by atoms with Crippen LogP contribution in [0.25, 0.3) is 10.9 Å². The monoisotopic (exact) mass is 346 g/mol. The quantitative estimate of drug-likeness (QED) is 0.747. The van der Waals surface area contributed by atoms with Crippen LogP contribution in [0.3, 0.4) is 0 Å². The van der Waals surface area contributed by atoms with Crippen molar-refractivity contribution in [1.82, 2.24) is 10.3 Å². The number of carbonyl (C=O) groups excluding carboxylic acids is 1. The normalized spacial score (nSPS) is 10.7. The van der Waals surface area contributed by atoms with Gasteiger partial charge in [0.25, 0.3) is 5.91 Å². The molecule has 1 amide bonds. The average molecular weight is 347 g/mol. The Kier molecular flexibility index (Phi) is 4.37. The smallest absolute Gasteiger partial charge is 0.255 e. The van der Waals surface area contributed by atoms with Crippen molar-refractivity contribution in [2.45, 2.75) is 6.54 Å². The Bertz CT molecular complexity index is 897. The molecule has 0 aliphatic heterocycles. The SMILES string of the molecule is O=C(NCc1cccc(Cl)c1Cl)c1ccc2cccnc2c1O. The van der Waals surface area contributed by atoms with Crippen LogP contribution in [0.1, 0.15) is 15.9 Å². The van der Waals surface area contributed by atoms with Gasteiger partial charge >= 0.3 is 0 Å². The first-order valence-electron chi connectivity index (χ1n) is 6.85. The third kappa shape index (κ3) is 3.09. The number of pyridine rings is 1. The van der Waals surface area contributed by atoms with Gasteiger partial charge in [-0.3, -0.25) is 9.78 Å². The number of hydrogen-bond acceptors (Lipinski definition) is 3. The fourth-order valence-corrected chi connectivity index (χ4v) is 2.66. The largest absolute Gasteiger partial charge is 0.505 e. The second kappa shape index (κ2) is 6.44. The van der Waals surface area contributed by atoms with Crippen molar-refractivity contribution in [3.8, 4) is 5.75 Å². The number of hydrogen-bond donors (Lipinski definition) is 2. The third-order valence-corrected chi connectivity index (χ3v) is 4.32. The zero-order chi connectivity index (χ0) is 16.4. The predicted molar refractivity (Wildman–Crippen MR) is 91.0 cm³/mol. The zero-order valence-electron chi connectivity index (χ0n) is 11.9. The summed E-state index contributed by atoms with van der Waals surface area (Å²) in [5.41, 5.74) is 1.25. The molecule has 2 N–H and O–H groups in total. The van der Waals surface area contributed by atoms with E-state index in [0.717, 1.165) is 5.39 Å². The van der Waals surface area contributed by atoms with Crippen molar-refractivity contribution in [2.24, 2.45) is 0 Å². The van der Waals surface area contributed by atoms with Gasteiger partial charge in [0.05, 0.1) is 15.6 Å². The molecule has 2 aromatic carbocycles. The molecule has 0 fully saturated rings. The highest BCUT2D eigenvalue weighted by molar-refractivity contribution is 6.42. The first-order valence-corrected chi connectivity index (χ1v) is 7.61. The second-order valence-corrected chi connectivity index (χ2v) is 5.72. The number of amides is 1. The molecular weight excluding hydrogens is 335 g/mol. The van der Waals surface area contributed by atoms with Crippen molar-refractivity contribution in [3.05, 3.63) is 69.8 Å². The molecule has 0 spiro atoms. The molecule has 0 atom stereocenters. The van der Waals surface area contributed by atoms with E-state index in [1.54, 1.807) is 42.6 Å². The average Bonchev–Trinajstić information content (AvgIpc) is 2.56. The summed E-state index contributed by atoms with van der Waals surface area (Å²) < 4.78 is 0. The molecule has 0 unspecified atom stereocenters. The first kappa shape index (κ1) is 15.6. The number of aromatic hydroxyl groups is 1. The number of benzene rings is 2. The maximum Gasteiger partial charge on any atom is 0.255 e. The summed E-state index contributed by atoms with van der Waals surface area (Å²) in [7, 11) is 0. The number of nitrogens with one attached hydrogen (secondary N) is 1. The van der Waals surface area contributed by atoms with Gasteiger partial charge in [0.1, 0.15) is 5.52 Å². The Morgan fingerprint density at radius 1 is 1.13 bits per heavy atom. The maximum atomic E-state index is 12.3. The minimum absolute atomic E-state index is 0.141. The van der Waals surface area contributed by atoms with Crippen LogP contribution in [0.15, 0.2) is 48.7 Å². The van der Waals surface area contributed by atoms with E-state index in [9.17, 15) is 9.90 Å². The molecule has 3 aromatic rings. The van der Waals surface area contributed by atoms with E-state index >= 15 is 0 Å². The number of fused-ring (bicyclic) bond motifs is 1. The molecule has 0 bridgehead atoms. The van der Waals surface area contributed by atoms with Crippen molar-refractivity contribution >= 4 is 40.0 Å². The van der Waals surface area contributed by atoms with Crippen LogP contribution >= 0.6 is 23.2 Å². The number of phenols is 1. The van der Waals surface area contributed by atoms with Crippen molar-refractivity contribution < 1.29 is 9.90 Å². The highest BCUT2D eigenvalue weighted by Gasteiger charge is 2.15. The van der Waals surface area contributed by atoms with E-state index in [0.29, 0.717) is 21.1 Å². The highest BCUT2D eigenvalue weighted by atomic mass is 35.5. The van der Waals surface area contributed by atoms with Crippen LogP contribution in [0.2, 0.25) is 10.0 Å². The number of nitrogens with zero attached hydrogens (tertiary/aromatic N) is 1. The fourth-order valence-electron chi connectivity index (χ4n) is 2.27. The molecular formula is C17H12Cl2N2O2. The Balaban J connectivity index is 1.84. The number of halogens is 2. The molecule has 116 valence electrons. The summed E-state index contributed by atoms with van der Waals surface area (Å²) in [5.74, 6) is -0.552. The minimum Gasteiger partial charge on any atom is -0.505 e. The van der Waals surface area contributed by atoms with Gasteiger partial charge in [-0.25, -0.2) is 0 Å². The van der Waals surface area contributed by atoms with E-state index in [1.165, 1.54) is 0 Å². The molecule has 0 aliphatic carbocycles. The lowest BCUT2D eigenvalue weighted by atomic mass is 10.1. The van der Waals surface area contributed by atoms with E-state index in [2.05, 4.69) is 10.3 Å². The van der Waals surface area contributed by atoms with E-state index in [1.807, 2.05) is 6.07 Å². The Hall–Kier alpha value is -2.30. The number of rotatable bonds is 3. The molecule has 1 aromatic heterocycles. The summed E-state index contributed by atoms with van der Waals surface area (Å²) in [4.78, 5) is 16.4. The summed E-state index contributed by atoms with van der Waals surface area (Å²) in [5, 5.41) is 14.6. The number of carbonyl (C=O) groups is 1. The maximum absolute atomic E-state index is 12.3. The number of aromatic nitrogens is 1. The lowest BCUT2D eigenvalue weighted by molar-refractivity contribution is 0.0948. The van der Waals surface area contributed by atoms with Gasteiger partial charge in [0.2, 0.25) is 0 Å². The molecule has 3 rings (SSSR count). The summed E-state index contributed by atoms with van der Waals surface area (Å²) >= 11 is 12.0. The van der Waals surface area contributed by atoms with E-state index < -0.39 is 5.91 Å². The molecule has 0 saturated carbocycles. The van der Waals surface area contributed by atoms with Gasteiger partial charge in [-0.2, -0.15) is 0 Å². The fraction of sp³-hybridized carbons (Fsp3) is 0.0588. The lowest BCUT2D eigenvalue weighted by Crippen LogP contribution is -2.23. The molecule has 0 saturated heterocycles. The van der Waals surface area contributed by atoms with Crippen molar-refractivity contribution in [2.75, 3.05) is 0 Å². The molecule has 4 nitrogen and oxygen atoms in total. The minimum atomic E-state index is -0.411. The summed E-state index contributed by atoms with van der Waals surface area (Å²) in [6.07, 6.45) is 1.56. The first-order chi connectivity index (χ1) is 11.1. The van der Waals surface area contributed by atoms with Crippen LogP contribution in [0.5, 0.6) is 5.75 Å². The second-order valence-electron chi connectivity index (χ2n) is 4.93. The Labute approximate surface area is 142 Å².